The molecule has 0 spiro atoms. The highest BCUT2D eigenvalue weighted by molar-refractivity contribution is 7.87. The zero-order valence-electron chi connectivity index (χ0n) is 10.6. The van der Waals surface area contributed by atoms with Gasteiger partial charge in [0, 0.05) is 11.1 Å². The first-order valence-electron chi connectivity index (χ1n) is 5.66. The van der Waals surface area contributed by atoms with Crippen molar-refractivity contribution in [2.45, 2.75) is 51.6 Å². The van der Waals surface area contributed by atoms with Crippen LogP contribution in [0.15, 0.2) is 0 Å². The fourth-order valence-corrected chi connectivity index (χ4v) is 3.54. The van der Waals surface area contributed by atoms with Crippen LogP contribution in [0.25, 0.3) is 0 Å². The summed E-state index contributed by atoms with van der Waals surface area (Å²) in [6.07, 6.45) is 1.64. The molecule has 0 amide bonds. The lowest BCUT2D eigenvalue weighted by atomic mass is 9.92. The molecule has 96 valence electrons. The second-order valence-corrected chi connectivity index (χ2v) is 7.18. The van der Waals surface area contributed by atoms with Crippen LogP contribution in [-0.4, -0.2) is 32.6 Å². The smallest absolute Gasteiger partial charge is 0.277 e. The van der Waals surface area contributed by atoms with Crippen molar-refractivity contribution >= 4 is 10.2 Å². The topological polar surface area (TPSA) is 70.2 Å². The zero-order chi connectivity index (χ0) is 12.4. The molecule has 0 radical (unpaired) electrons. The van der Waals surface area contributed by atoms with E-state index in [0.717, 1.165) is 25.9 Å². The van der Waals surface area contributed by atoms with Gasteiger partial charge in [0.1, 0.15) is 0 Å². The van der Waals surface area contributed by atoms with Gasteiger partial charge >= 0.3 is 0 Å². The molecule has 0 aromatic rings. The van der Waals surface area contributed by atoms with Crippen molar-refractivity contribution in [1.82, 2.24) is 14.8 Å². The SMILES string of the molecule is CC(C)(C)NS(=O)(=O)NC1(C)CCNCC1. The number of piperidine rings is 1. The van der Waals surface area contributed by atoms with Gasteiger partial charge in [-0.2, -0.15) is 17.9 Å². The van der Waals surface area contributed by atoms with Crippen molar-refractivity contribution in [3.63, 3.8) is 0 Å². The Hall–Kier alpha value is -0.170. The normalized spacial score (nSPS) is 22.0. The molecule has 0 bridgehead atoms. The molecule has 5 nitrogen and oxygen atoms in total. The summed E-state index contributed by atoms with van der Waals surface area (Å²) >= 11 is 0. The minimum absolute atomic E-state index is 0.331. The van der Waals surface area contributed by atoms with Crippen LogP contribution >= 0.6 is 0 Å². The molecule has 0 unspecified atom stereocenters. The molecule has 0 aliphatic carbocycles. The summed E-state index contributed by atoms with van der Waals surface area (Å²) in [5, 5.41) is 3.22. The first-order chi connectivity index (χ1) is 7.12. The molecule has 6 heteroatoms. The van der Waals surface area contributed by atoms with Crippen LogP contribution < -0.4 is 14.8 Å². The predicted molar refractivity (Wildman–Crippen MR) is 65.5 cm³/mol. The summed E-state index contributed by atoms with van der Waals surface area (Å²) in [6, 6.07) is 0. The summed E-state index contributed by atoms with van der Waals surface area (Å²) in [5.74, 6) is 0. The van der Waals surface area contributed by atoms with Crippen molar-refractivity contribution in [3.8, 4) is 0 Å². The van der Waals surface area contributed by atoms with Crippen molar-refractivity contribution < 1.29 is 8.42 Å². The Balaban J connectivity index is 2.64. The fourth-order valence-electron chi connectivity index (χ4n) is 1.83. The maximum Gasteiger partial charge on any atom is 0.277 e. The van der Waals surface area contributed by atoms with E-state index in [1.54, 1.807) is 0 Å². The van der Waals surface area contributed by atoms with E-state index in [1.165, 1.54) is 0 Å². The molecular weight excluding hydrogens is 226 g/mol. The lowest BCUT2D eigenvalue weighted by Crippen LogP contribution is -2.57. The molecule has 1 fully saturated rings. The van der Waals surface area contributed by atoms with E-state index in [-0.39, 0.29) is 5.54 Å². The van der Waals surface area contributed by atoms with E-state index in [2.05, 4.69) is 14.8 Å². The Kier molecular flexibility index (Phi) is 3.99. The minimum atomic E-state index is -3.43. The Morgan fingerprint density at radius 1 is 1.19 bits per heavy atom. The van der Waals surface area contributed by atoms with Gasteiger partial charge in [-0.15, -0.1) is 0 Å². The van der Waals surface area contributed by atoms with Crippen LogP contribution in [0.3, 0.4) is 0 Å². The van der Waals surface area contributed by atoms with Crippen LogP contribution in [0.2, 0.25) is 0 Å². The minimum Gasteiger partial charge on any atom is -0.317 e. The van der Waals surface area contributed by atoms with Gasteiger partial charge < -0.3 is 5.32 Å². The van der Waals surface area contributed by atoms with E-state index in [0.29, 0.717) is 0 Å². The summed E-state index contributed by atoms with van der Waals surface area (Å²) in [7, 11) is -3.43. The molecule has 16 heavy (non-hydrogen) atoms. The molecule has 1 aliphatic heterocycles. The third kappa shape index (κ3) is 4.78. The van der Waals surface area contributed by atoms with Gasteiger partial charge in [0.25, 0.3) is 10.2 Å². The van der Waals surface area contributed by atoms with Gasteiger partial charge in [-0.3, -0.25) is 0 Å². The van der Waals surface area contributed by atoms with Crippen LogP contribution in [0, 0.1) is 0 Å². The van der Waals surface area contributed by atoms with Crippen LogP contribution in [0.1, 0.15) is 40.5 Å². The molecule has 0 saturated carbocycles. The monoisotopic (exact) mass is 249 g/mol. The Labute approximate surface area is 98.6 Å². The average molecular weight is 249 g/mol. The zero-order valence-corrected chi connectivity index (χ0v) is 11.4. The molecule has 0 aromatic heterocycles. The molecule has 0 aromatic carbocycles. The summed E-state index contributed by atoms with van der Waals surface area (Å²) < 4.78 is 29.1. The number of nitrogens with one attached hydrogen (secondary N) is 3. The molecule has 1 rings (SSSR count). The van der Waals surface area contributed by atoms with Crippen LogP contribution in [-0.2, 0) is 10.2 Å². The van der Waals surface area contributed by atoms with E-state index in [4.69, 9.17) is 0 Å². The second kappa shape index (κ2) is 4.60. The average Bonchev–Trinajstić information content (AvgIpc) is 1.97. The summed E-state index contributed by atoms with van der Waals surface area (Å²) in [5.41, 5.74) is -0.780. The van der Waals surface area contributed by atoms with Gasteiger partial charge in [0.05, 0.1) is 0 Å². The molecule has 1 heterocycles. The summed E-state index contributed by atoms with van der Waals surface area (Å²) in [6.45, 7) is 9.16. The first-order valence-corrected chi connectivity index (χ1v) is 7.14. The third-order valence-corrected chi connectivity index (χ3v) is 4.17. The molecule has 1 saturated heterocycles. The Bertz CT molecular complexity index is 326. The van der Waals surface area contributed by atoms with Crippen molar-refractivity contribution in [2.24, 2.45) is 0 Å². The van der Waals surface area contributed by atoms with Gasteiger partial charge in [-0.1, -0.05) is 0 Å². The second-order valence-electron chi connectivity index (χ2n) is 5.77. The standard InChI is InChI=1S/C10H23N3O2S/c1-9(2,3)12-16(14,15)13-10(4)5-7-11-8-6-10/h11-13H,5-8H2,1-4H3. The van der Waals surface area contributed by atoms with E-state index in [1.807, 2.05) is 27.7 Å². The van der Waals surface area contributed by atoms with Crippen molar-refractivity contribution in [1.29, 1.82) is 0 Å². The highest BCUT2D eigenvalue weighted by Gasteiger charge is 2.32. The largest absolute Gasteiger partial charge is 0.317 e. The quantitative estimate of drug-likeness (QED) is 0.676. The first kappa shape index (κ1) is 13.9. The van der Waals surface area contributed by atoms with E-state index in [9.17, 15) is 8.42 Å². The third-order valence-electron chi connectivity index (χ3n) is 2.53. The molecular formula is C10H23N3O2S. The van der Waals surface area contributed by atoms with Gasteiger partial charge in [0.2, 0.25) is 0 Å². The van der Waals surface area contributed by atoms with Crippen LogP contribution in [0.4, 0.5) is 0 Å². The van der Waals surface area contributed by atoms with Crippen molar-refractivity contribution in [3.05, 3.63) is 0 Å². The highest BCUT2D eigenvalue weighted by atomic mass is 32.2. The molecule has 3 N–H and O–H groups in total. The predicted octanol–water partition coefficient (Wildman–Crippen LogP) is 0.351. The summed E-state index contributed by atoms with van der Waals surface area (Å²) in [4.78, 5) is 0. The maximum absolute atomic E-state index is 11.9. The number of rotatable bonds is 3. The van der Waals surface area contributed by atoms with Crippen molar-refractivity contribution in [2.75, 3.05) is 13.1 Å². The van der Waals surface area contributed by atoms with Crippen LogP contribution in [0.5, 0.6) is 0 Å². The van der Waals surface area contributed by atoms with Gasteiger partial charge in [0.15, 0.2) is 0 Å². The number of hydrogen-bond donors (Lipinski definition) is 3. The maximum atomic E-state index is 11.9. The van der Waals surface area contributed by atoms with E-state index < -0.39 is 15.7 Å². The Morgan fingerprint density at radius 3 is 2.12 bits per heavy atom. The number of hydrogen-bond acceptors (Lipinski definition) is 3. The Morgan fingerprint density at radius 2 is 1.69 bits per heavy atom. The van der Waals surface area contributed by atoms with E-state index >= 15 is 0 Å². The molecule has 1 aliphatic rings. The fraction of sp³-hybridized carbons (Fsp3) is 1.00. The highest BCUT2D eigenvalue weighted by Crippen LogP contribution is 2.18. The van der Waals surface area contributed by atoms with Gasteiger partial charge in [-0.25, -0.2) is 0 Å². The van der Waals surface area contributed by atoms with Gasteiger partial charge in [-0.05, 0) is 53.6 Å². The molecule has 0 atom stereocenters. The lowest BCUT2D eigenvalue weighted by Gasteiger charge is -2.35. The lowest BCUT2D eigenvalue weighted by molar-refractivity contribution is 0.304.